The highest BCUT2D eigenvalue weighted by Gasteiger charge is 2.24. The highest BCUT2D eigenvalue weighted by Crippen LogP contribution is 2.20. The summed E-state index contributed by atoms with van der Waals surface area (Å²) in [6, 6.07) is 14.0. The molecule has 0 fully saturated rings. The lowest BCUT2D eigenvalue weighted by molar-refractivity contribution is -0.145. The van der Waals surface area contributed by atoms with Gasteiger partial charge in [-0.05, 0) is 17.7 Å². The van der Waals surface area contributed by atoms with Gasteiger partial charge >= 0.3 is 11.9 Å². The Morgan fingerprint density at radius 1 is 0.935 bits per heavy atom. The monoisotopic (exact) mass is 419 g/mol. The van der Waals surface area contributed by atoms with E-state index in [2.05, 4.69) is 15.3 Å². The zero-order valence-electron chi connectivity index (χ0n) is 16.8. The van der Waals surface area contributed by atoms with E-state index in [4.69, 9.17) is 9.47 Å². The number of methoxy groups -OCH3 is 1. The van der Waals surface area contributed by atoms with Gasteiger partial charge in [0.05, 0.1) is 12.7 Å². The third-order valence-corrected chi connectivity index (χ3v) is 5.06. The molecule has 2 aromatic heterocycles. The normalized spacial score (nSPS) is 11.9. The molecule has 2 heterocycles. The number of aromatic nitrogens is 2. The Kier molecular flexibility index (Phi) is 5.70. The van der Waals surface area contributed by atoms with Gasteiger partial charge in [0.15, 0.2) is 6.61 Å². The molecule has 0 aliphatic rings. The lowest BCUT2D eigenvalue weighted by atomic mass is 10.0. The third-order valence-electron chi connectivity index (χ3n) is 5.06. The summed E-state index contributed by atoms with van der Waals surface area (Å²) in [5.74, 6) is -1.80. The Morgan fingerprint density at radius 3 is 2.32 bits per heavy atom. The number of amides is 1. The number of benzene rings is 2. The minimum absolute atomic E-state index is 0.235. The molecule has 0 saturated heterocycles. The van der Waals surface area contributed by atoms with Crippen molar-refractivity contribution in [2.45, 2.75) is 12.5 Å². The van der Waals surface area contributed by atoms with Crippen molar-refractivity contribution in [1.82, 2.24) is 15.3 Å². The molecule has 4 rings (SSSR count). The molecule has 31 heavy (non-hydrogen) atoms. The summed E-state index contributed by atoms with van der Waals surface area (Å²) in [4.78, 5) is 43.1. The molecule has 1 amide bonds. The zero-order chi connectivity index (χ0) is 21.8. The molecule has 0 radical (unpaired) electrons. The second kappa shape index (κ2) is 8.74. The van der Waals surface area contributed by atoms with Crippen molar-refractivity contribution >= 4 is 39.7 Å². The van der Waals surface area contributed by atoms with Gasteiger partial charge in [0, 0.05) is 40.6 Å². The molecule has 0 aliphatic heterocycles. The van der Waals surface area contributed by atoms with Crippen LogP contribution in [0.1, 0.15) is 15.9 Å². The highest BCUT2D eigenvalue weighted by molar-refractivity contribution is 6.04. The van der Waals surface area contributed by atoms with Gasteiger partial charge in [-0.3, -0.25) is 4.79 Å². The molecule has 8 nitrogen and oxygen atoms in total. The summed E-state index contributed by atoms with van der Waals surface area (Å²) in [6.45, 7) is -0.514. The third kappa shape index (κ3) is 4.28. The first-order valence-electron chi connectivity index (χ1n) is 9.72. The lowest BCUT2D eigenvalue weighted by Crippen LogP contribution is -2.44. The van der Waals surface area contributed by atoms with E-state index in [1.807, 2.05) is 42.5 Å². The van der Waals surface area contributed by atoms with E-state index in [1.54, 1.807) is 18.5 Å². The number of ether oxygens (including phenoxy) is 2. The van der Waals surface area contributed by atoms with Crippen molar-refractivity contribution < 1.29 is 23.9 Å². The molecule has 0 aliphatic carbocycles. The van der Waals surface area contributed by atoms with Gasteiger partial charge < -0.3 is 24.8 Å². The number of para-hydroxylation sites is 2. The van der Waals surface area contributed by atoms with Gasteiger partial charge in [-0.2, -0.15) is 0 Å². The predicted molar refractivity (Wildman–Crippen MR) is 115 cm³/mol. The maximum atomic E-state index is 12.4. The maximum absolute atomic E-state index is 12.4. The Labute approximate surface area is 177 Å². The molecule has 158 valence electrons. The number of H-pyrrole nitrogens is 2. The fraction of sp³-hybridized carbons (Fsp3) is 0.174. The molecular formula is C23H21N3O5. The van der Waals surface area contributed by atoms with Crippen LogP contribution >= 0.6 is 0 Å². The Balaban J connectivity index is 1.41. The second-order valence-corrected chi connectivity index (χ2v) is 7.03. The zero-order valence-corrected chi connectivity index (χ0v) is 16.8. The Morgan fingerprint density at radius 2 is 1.58 bits per heavy atom. The van der Waals surface area contributed by atoms with Crippen LogP contribution in [0.15, 0.2) is 60.9 Å². The van der Waals surface area contributed by atoms with Gasteiger partial charge in [0.1, 0.15) is 6.04 Å². The van der Waals surface area contributed by atoms with E-state index in [0.717, 1.165) is 22.0 Å². The van der Waals surface area contributed by atoms with Crippen LogP contribution in [0, 0.1) is 0 Å². The van der Waals surface area contributed by atoms with Crippen molar-refractivity contribution in [2.24, 2.45) is 0 Å². The summed E-state index contributed by atoms with van der Waals surface area (Å²) in [5.41, 5.74) is 2.93. The van der Waals surface area contributed by atoms with Crippen LogP contribution in [-0.4, -0.2) is 47.6 Å². The standard InChI is InChI=1S/C23H21N3O5/c1-30-23(29)20(10-14-11-24-18-8-4-2-6-15(14)18)26-21(27)13-31-22(28)17-12-25-19-9-5-3-7-16(17)19/h2-9,11-12,20,24-25H,10,13H2,1H3,(H,26,27)/t20-/m0/s1. The number of carbonyl (C=O) groups excluding carboxylic acids is 3. The average molecular weight is 419 g/mol. The molecule has 0 saturated carbocycles. The quantitative estimate of drug-likeness (QED) is 0.399. The summed E-state index contributed by atoms with van der Waals surface area (Å²) in [7, 11) is 1.26. The molecule has 0 bridgehead atoms. The van der Waals surface area contributed by atoms with E-state index in [-0.39, 0.29) is 6.42 Å². The highest BCUT2D eigenvalue weighted by atomic mass is 16.5. The van der Waals surface area contributed by atoms with Crippen molar-refractivity contribution in [3.8, 4) is 0 Å². The molecule has 0 unspecified atom stereocenters. The first-order valence-corrected chi connectivity index (χ1v) is 9.72. The first-order chi connectivity index (χ1) is 15.1. The van der Waals surface area contributed by atoms with Crippen LogP contribution in [0.5, 0.6) is 0 Å². The predicted octanol–water partition coefficient (Wildman–Crippen LogP) is 2.71. The van der Waals surface area contributed by atoms with Crippen LogP contribution in [0.3, 0.4) is 0 Å². The van der Waals surface area contributed by atoms with Gasteiger partial charge in [0.25, 0.3) is 5.91 Å². The first kappa shape index (κ1) is 20.2. The van der Waals surface area contributed by atoms with Crippen LogP contribution in [-0.2, 0) is 25.5 Å². The number of esters is 2. The van der Waals surface area contributed by atoms with Gasteiger partial charge in [0.2, 0.25) is 0 Å². The largest absolute Gasteiger partial charge is 0.467 e. The minimum atomic E-state index is -0.913. The van der Waals surface area contributed by atoms with E-state index in [1.165, 1.54) is 7.11 Å². The molecule has 2 aromatic carbocycles. The number of rotatable bonds is 7. The molecule has 8 heteroatoms. The Bertz CT molecular complexity index is 1260. The number of hydrogen-bond acceptors (Lipinski definition) is 5. The van der Waals surface area contributed by atoms with E-state index >= 15 is 0 Å². The summed E-state index contributed by atoms with van der Waals surface area (Å²) >= 11 is 0. The smallest absolute Gasteiger partial charge is 0.340 e. The van der Waals surface area contributed by atoms with Crippen LogP contribution in [0.2, 0.25) is 0 Å². The van der Waals surface area contributed by atoms with Gasteiger partial charge in [-0.1, -0.05) is 36.4 Å². The molecular weight excluding hydrogens is 398 g/mol. The second-order valence-electron chi connectivity index (χ2n) is 7.03. The SMILES string of the molecule is COC(=O)[C@H](Cc1c[nH]c2ccccc12)NC(=O)COC(=O)c1c[nH]c2ccccc12. The summed E-state index contributed by atoms with van der Waals surface area (Å²) in [6.07, 6.45) is 3.57. The average Bonchev–Trinajstić information content (AvgIpc) is 3.41. The number of fused-ring (bicyclic) bond motifs is 2. The fourth-order valence-corrected chi connectivity index (χ4v) is 3.54. The van der Waals surface area contributed by atoms with Crippen molar-refractivity contribution in [2.75, 3.05) is 13.7 Å². The number of aromatic amines is 2. The van der Waals surface area contributed by atoms with Gasteiger partial charge in [-0.15, -0.1) is 0 Å². The maximum Gasteiger partial charge on any atom is 0.340 e. The molecule has 0 spiro atoms. The molecule has 1 atom stereocenters. The topological polar surface area (TPSA) is 113 Å². The van der Waals surface area contributed by atoms with Crippen LogP contribution in [0.4, 0.5) is 0 Å². The van der Waals surface area contributed by atoms with Gasteiger partial charge in [-0.25, -0.2) is 9.59 Å². The summed E-state index contributed by atoms with van der Waals surface area (Å²) < 4.78 is 9.98. The fourth-order valence-electron chi connectivity index (χ4n) is 3.54. The van der Waals surface area contributed by atoms with Crippen LogP contribution < -0.4 is 5.32 Å². The molecule has 3 N–H and O–H groups in total. The van der Waals surface area contributed by atoms with E-state index in [9.17, 15) is 14.4 Å². The van der Waals surface area contributed by atoms with Crippen molar-refractivity contribution in [3.05, 3.63) is 72.1 Å². The summed E-state index contributed by atoms with van der Waals surface area (Å²) in [5, 5.41) is 4.26. The van der Waals surface area contributed by atoms with Crippen molar-refractivity contribution in [1.29, 1.82) is 0 Å². The van der Waals surface area contributed by atoms with E-state index < -0.39 is 30.5 Å². The minimum Gasteiger partial charge on any atom is -0.467 e. The van der Waals surface area contributed by atoms with Crippen molar-refractivity contribution in [3.63, 3.8) is 0 Å². The molecule has 4 aromatic rings. The number of nitrogens with one attached hydrogen (secondary N) is 3. The lowest BCUT2D eigenvalue weighted by Gasteiger charge is -2.16. The number of hydrogen-bond donors (Lipinski definition) is 3. The van der Waals surface area contributed by atoms with E-state index in [0.29, 0.717) is 10.9 Å². The van der Waals surface area contributed by atoms with Crippen LogP contribution in [0.25, 0.3) is 21.8 Å². The Hall–Kier alpha value is -4.07. The number of carbonyl (C=O) groups is 3.